The molecule has 0 saturated heterocycles. The Morgan fingerprint density at radius 2 is 1.93 bits per heavy atom. The average Bonchev–Trinajstić information content (AvgIpc) is 2.98. The first-order chi connectivity index (χ1) is 7.38. The van der Waals surface area contributed by atoms with E-state index in [0.717, 1.165) is 11.8 Å². The van der Waals surface area contributed by atoms with E-state index < -0.39 is 0 Å². The van der Waals surface area contributed by atoms with Crippen molar-refractivity contribution in [3.05, 3.63) is 0 Å². The zero-order valence-electron chi connectivity index (χ0n) is 10.2. The van der Waals surface area contributed by atoms with Gasteiger partial charge in [-0.3, -0.25) is 0 Å². The van der Waals surface area contributed by atoms with Crippen molar-refractivity contribution in [2.45, 2.75) is 39.0 Å². The van der Waals surface area contributed by atoms with E-state index in [9.17, 15) is 0 Å². The summed E-state index contributed by atoms with van der Waals surface area (Å²) in [5.74, 6) is 2.04. The second-order valence-corrected chi connectivity index (χ2v) is 5.34. The highest BCUT2D eigenvalue weighted by Crippen LogP contribution is 2.28. The SMILES string of the molecule is CCN(CCNCC1CC1)CC1CCC1. The van der Waals surface area contributed by atoms with Gasteiger partial charge in [0, 0.05) is 19.6 Å². The van der Waals surface area contributed by atoms with Crippen LogP contribution in [0.5, 0.6) is 0 Å². The highest BCUT2D eigenvalue weighted by molar-refractivity contribution is 4.76. The van der Waals surface area contributed by atoms with E-state index in [2.05, 4.69) is 17.1 Å². The van der Waals surface area contributed by atoms with Crippen molar-refractivity contribution < 1.29 is 0 Å². The average molecular weight is 210 g/mol. The monoisotopic (exact) mass is 210 g/mol. The molecular formula is C13H26N2. The van der Waals surface area contributed by atoms with Crippen LogP contribution in [0.15, 0.2) is 0 Å². The summed E-state index contributed by atoms with van der Waals surface area (Å²) < 4.78 is 0. The highest BCUT2D eigenvalue weighted by Gasteiger charge is 2.21. The van der Waals surface area contributed by atoms with E-state index in [-0.39, 0.29) is 0 Å². The molecular weight excluding hydrogens is 184 g/mol. The Labute approximate surface area is 94.4 Å². The molecule has 2 rings (SSSR count). The molecule has 0 bridgehead atoms. The molecule has 2 aliphatic carbocycles. The quantitative estimate of drug-likeness (QED) is 0.617. The summed E-state index contributed by atoms with van der Waals surface area (Å²) in [6.07, 6.45) is 7.36. The Morgan fingerprint density at radius 3 is 2.47 bits per heavy atom. The van der Waals surface area contributed by atoms with Crippen molar-refractivity contribution in [3.8, 4) is 0 Å². The van der Waals surface area contributed by atoms with Gasteiger partial charge in [0.05, 0.1) is 0 Å². The highest BCUT2D eigenvalue weighted by atomic mass is 15.1. The second kappa shape index (κ2) is 5.86. The summed E-state index contributed by atoms with van der Waals surface area (Å²) in [7, 11) is 0. The third-order valence-electron chi connectivity index (χ3n) is 3.92. The normalized spacial score (nSPS) is 22.0. The Bertz CT molecular complexity index is 173. The van der Waals surface area contributed by atoms with Crippen molar-refractivity contribution in [1.29, 1.82) is 0 Å². The van der Waals surface area contributed by atoms with Gasteiger partial charge in [-0.25, -0.2) is 0 Å². The van der Waals surface area contributed by atoms with Crippen LogP contribution in [0.3, 0.4) is 0 Å². The van der Waals surface area contributed by atoms with Crippen LogP contribution < -0.4 is 5.32 Å². The molecule has 0 radical (unpaired) electrons. The summed E-state index contributed by atoms with van der Waals surface area (Å²) in [6, 6.07) is 0. The third-order valence-corrected chi connectivity index (χ3v) is 3.92. The molecule has 0 aliphatic heterocycles. The molecule has 2 aliphatic rings. The van der Waals surface area contributed by atoms with Gasteiger partial charge in [0.2, 0.25) is 0 Å². The minimum Gasteiger partial charge on any atom is -0.315 e. The maximum absolute atomic E-state index is 3.58. The first-order valence-corrected chi connectivity index (χ1v) is 6.81. The molecule has 0 amide bonds. The first-order valence-electron chi connectivity index (χ1n) is 6.81. The molecule has 0 heterocycles. The molecule has 0 aromatic heterocycles. The minimum atomic E-state index is 1.02. The number of hydrogen-bond acceptors (Lipinski definition) is 2. The molecule has 88 valence electrons. The van der Waals surface area contributed by atoms with E-state index in [1.54, 1.807) is 0 Å². The summed E-state index contributed by atoms with van der Waals surface area (Å²) in [5.41, 5.74) is 0. The van der Waals surface area contributed by atoms with Gasteiger partial charge in [0.25, 0.3) is 0 Å². The largest absolute Gasteiger partial charge is 0.315 e. The molecule has 2 heteroatoms. The number of rotatable bonds is 8. The van der Waals surface area contributed by atoms with Crippen LogP contribution in [0.25, 0.3) is 0 Å². The number of nitrogens with zero attached hydrogens (tertiary/aromatic N) is 1. The molecule has 0 atom stereocenters. The zero-order valence-corrected chi connectivity index (χ0v) is 10.2. The Balaban J connectivity index is 1.49. The summed E-state index contributed by atoms with van der Waals surface area (Å²) in [4.78, 5) is 2.61. The minimum absolute atomic E-state index is 1.02. The third kappa shape index (κ3) is 4.12. The molecule has 2 nitrogen and oxygen atoms in total. The maximum Gasteiger partial charge on any atom is 0.0107 e. The predicted molar refractivity (Wildman–Crippen MR) is 65.0 cm³/mol. The number of hydrogen-bond donors (Lipinski definition) is 1. The molecule has 0 aromatic rings. The van der Waals surface area contributed by atoms with Crippen molar-refractivity contribution in [2.24, 2.45) is 11.8 Å². The topological polar surface area (TPSA) is 15.3 Å². The molecule has 1 N–H and O–H groups in total. The second-order valence-electron chi connectivity index (χ2n) is 5.34. The fourth-order valence-corrected chi connectivity index (χ4v) is 2.28. The molecule has 0 spiro atoms. The smallest absolute Gasteiger partial charge is 0.0107 e. The van der Waals surface area contributed by atoms with E-state index in [4.69, 9.17) is 0 Å². The molecule has 2 saturated carbocycles. The van der Waals surface area contributed by atoms with Crippen LogP contribution in [0.2, 0.25) is 0 Å². The predicted octanol–water partition coefficient (Wildman–Crippen LogP) is 2.11. The van der Waals surface area contributed by atoms with Crippen LogP contribution in [-0.2, 0) is 0 Å². The number of likely N-dealkylation sites (N-methyl/N-ethyl adjacent to an activating group) is 1. The fourth-order valence-electron chi connectivity index (χ4n) is 2.28. The van der Waals surface area contributed by atoms with Crippen molar-refractivity contribution in [1.82, 2.24) is 10.2 Å². The van der Waals surface area contributed by atoms with Crippen LogP contribution in [-0.4, -0.2) is 37.6 Å². The van der Waals surface area contributed by atoms with Crippen LogP contribution >= 0.6 is 0 Å². The fraction of sp³-hybridized carbons (Fsp3) is 1.00. The van der Waals surface area contributed by atoms with Gasteiger partial charge in [-0.15, -0.1) is 0 Å². The van der Waals surface area contributed by atoms with Gasteiger partial charge < -0.3 is 10.2 Å². The maximum atomic E-state index is 3.58. The van der Waals surface area contributed by atoms with Crippen molar-refractivity contribution >= 4 is 0 Å². The molecule has 2 fully saturated rings. The molecule has 0 unspecified atom stereocenters. The Morgan fingerprint density at radius 1 is 1.13 bits per heavy atom. The van der Waals surface area contributed by atoms with Crippen LogP contribution in [0.4, 0.5) is 0 Å². The van der Waals surface area contributed by atoms with Crippen molar-refractivity contribution in [2.75, 3.05) is 32.7 Å². The lowest BCUT2D eigenvalue weighted by Gasteiger charge is -2.31. The molecule has 0 aromatic carbocycles. The van der Waals surface area contributed by atoms with Gasteiger partial charge in [-0.05, 0) is 50.6 Å². The van der Waals surface area contributed by atoms with E-state index >= 15 is 0 Å². The molecule has 15 heavy (non-hydrogen) atoms. The van der Waals surface area contributed by atoms with E-state index in [1.807, 2.05) is 0 Å². The zero-order chi connectivity index (χ0) is 10.5. The lowest BCUT2D eigenvalue weighted by molar-refractivity contribution is 0.184. The lowest BCUT2D eigenvalue weighted by Crippen LogP contribution is -2.37. The first kappa shape index (κ1) is 11.4. The van der Waals surface area contributed by atoms with E-state index in [0.29, 0.717) is 0 Å². The van der Waals surface area contributed by atoms with Gasteiger partial charge in [-0.2, -0.15) is 0 Å². The van der Waals surface area contributed by atoms with Crippen LogP contribution in [0.1, 0.15) is 39.0 Å². The van der Waals surface area contributed by atoms with Crippen LogP contribution in [0, 0.1) is 11.8 Å². The number of nitrogens with one attached hydrogen (secondary N) is 1. The van der Waals surface area contributed by atoms with E-state index in [1.165, 1.54) is 64.8 Å². The van der Waals surface area contributed by atoms with Gasteiger partial charge in [-0.1, -0.05) is 13.3 Å². The summed E-state index contributed by atoms with van der Waals surface area (Å²) in [5, 5.41) is 3.58. The Kier molecular flexibility index (Phi) is 4.45. The van der Waals surface area contributed by atoms with Gasteiger partial charge in [0.1, 0.15) is 0 Å². The lowest BCUT2D eigenvalue weighted by atomic mass is 9.85. The standard InChI is InChI=1S/C13H26N2/c1-2-15(11-13-4-3-5-13)9-8-14-10-12-6-7-12/h12-14H,2-11H2,1H3. The summed E-state index contributed by atoms with van der Waals surface area (Å²) in [6.45, 7) is 8.57. The van der Waals surface area contributed by atoms with Crippen molar-refractivity contribution in [3.63, 3.8) is 0 Å². The summed E-state index contributed by atoms with van der Waals surface area (Å²) >= 11 is 0. The van der Waals surface area contributed by atoms with Gasteiger partial charge in [0.15, 0.2) is 0 Å². The van der Waals surface area contributed by atoms with Gasteiger partial charge >= 0.3 is 0 Å². The Hall–Kier alpha value is -0.0800.